The first kappa shape index (κ1) is 12.2. The molecule has 0 spiro atoms. The van der Waals surface area contributed by atoms with Crippen molar-refractivity contribution in [3.05, 3.63) is 59.4 Å². The van der Waals surface area contributed by atoms with E-state index in [2.05, 4.69) is 15.5 Å². The zero-order valence-corrected chi connectivity index (χ0v) is 9.84. The molecule has 1 amide bonds. The highest BCUT2D eigenvalue weighted by molar-refractivity contribution is 5.93. The number of nitrogens with zero attached hydrogens (tertiary/aromatic N) is 2. The fourth-order valence-corrected chi connectivity index (χ4v) is 1.63. The Hall–Kier alpha value is -2.27. The molecular formula is C13H14N4O. The Morgan fingerprint density at radius 3 is 2.61 bits per heavy atom. The van der Waals surface area contributed by atoms with Crippen molar-refractivity contribution in [3.63, 3.8) is 0 Å². The van der Waals surface area contributed by atoms with Crippen LogP contribution >= 0.6 is 0 Å². The molecule has 1 aromatic heterocycles. The van der Waals surface area contributed by atoms with Crippen molar-refractivity contribution in [2.75, 3.05) is 0 Å². The SMILES string of the molecule is NCc1ccccc1CNC(=O)c1ccnnc1. The largest absolute Gasteiger partial charge is 0.348 e. The quantitative estimate of drug-likeness (QED) is 0.833. The molecule has 18 heavy (non-hydrogen) atoms. The van der Waals surface area contributed by atoms with Crippen molar-refractivity contribution in [1.29, 1.82) is 0 Å². The van der Waals surface area contributed by atoms with Crippen LogP contribution in [0.5, 0.6) is 0 Å². The van der Waals surface area contributed by atoms with Crippen LogP contribution in [0.4, 0.5) is 0 Å². The molecule has 2 aromatic rings. The van der Waals surface area contributed by atoms with Gasteiger partial charge in [0.1, 0.15) is 0 Å². The van der Waals surface area contributed by atoms with Crippen molar-refractivity contribution in [3.8, 4) is 0 Å². The molecule has 0 atom stereocenters. The Morgan fingerprint density at radius 1 is 1.17 bits per heavy atom. The van der Waals surface area contributed by atoms with E-state index in [9.17, 15) is 4.79 Å². The predicted octanol–water partition coefficient (Wildman–Crippen LogP) is 0.865. The van der Waals surface area contributed by atoms with Gasteiger partial charge in [0.05, 0.1) is 18.0 Å². The Kier molecular flexibility index (Phi) is 3.98. The number of rotatable bonds is 4. The molecule has 2 rings (SSSR count). The third-order valence-corrected chi connectivity index (χ3v) is 2.62. The number of amides is 1. The number of hydrogen-bond donors (Lipinski definition) is 2. The van der Waals surface area contributed by atoms with E-state index in [1.165, 1.54) is 12.4 Å². The van der Waals surface area contributed by atoms with Crippen LogP contribution in [0.25, 0.3) is 0 Å². The summed E-state index contributed by atoms with van der Waals surface area (Å²) in [5, 5.41) is 10.1. The number of carbonyl (C=O) groups excluding carboxylic acids is 1. The summed E-state index contributed by atoms with van der Waals surface area (Å²) in [6.07, 6.45) is 2.92. The number of nitrogens with one attached hydrogen (secondary N) is 1. The second-order valence-electron chi connectivity index (χ2n) is 3.79. The van der Waals surface area contributed by atoms with Gasteiger partial charge in [-0.3, -0.25) is 4.79 Å². The highest BCUT2D eigenvalue weighted by Gasteiger charge is 2.06. The van der Waals surface area contributed by atoms with Crippen LogP contribution in [0.15, 0.2) is 42.7 Å². The summed E-state index contributed by atoms with van der Waals surface area (Å²) in [4.78, 5) is 11.8. The minimum absolute atomic E-state index is 0.170. The Bertz CT molecular complexity index is 528. The Morgan fingerprint density at radius 2 is 1.94 bits per heavy atom. The molecule has 1 heterocycles. The average molecular weight is 242 g/mol. The minimum Gasteiger partial charge on any atom is -0.348 e. The molecule has 5 heteroatoms. The Balaban J connectivity index is 2.02. The molecule has 0 aliphatic heterocycles. The molecule has 0 aliphatic carbocycles. The monoisotopic (exact) mass is 242 g/mol. The molecule has 0 saturated heterocycles. The zero-order chi connectivity index (χ0) is 12.8. The second kappa shape index (κ2) is 5.88. The van der Waals surface area contributed by atoms with Gasteiger partial charge in [-0.25, -0.2) is 0 Å². The first-order chi connectivity index (χ1) is 8.81. The van der Waals surface area contributed by atoms with Gasteiger partial charge in [0.15, 0.2) is 0 Å². The summed E-state index contributed by atoms with van der Waals surface area (Å²) >= 11 is 0. The number of nitrogens with two attached hydrogens (primary N) is 1. The van der Waals surface area contributed by atoms with E-state index in [4.69, 9.17) is 5.73 Å². The molecule has 5 nitrogen and oxygen atoms in total. The average Bonchev–Trinajstić information content (AvgIpc) is 2.46. The van der Waals surface area contributed by atoms with Gasteiger partial charge in [0.25, 0.3) is 5.91 Å². The number of carbonyl (C=O) groups is 1. The molecule has 0 aliphatic rings. The molecular weight excluding hydrogens is 228 g/mol. The summed E-state index contributed by atoms with van der Waals surface area (Å²) in [5.41, 5.74) is 8.19. The van der Waals surface area contributed by atoms with Crippen LogP contribution in [0.2, 0.25) is 0 Å². The molecule has 0 radical (unpaired) electrons. The van der Waals surface area contributed by atoms with Gasteiger partial charge in [-0.1, -0.05) is 24.3 Å². The standard InChI is InChI=1S/C13H14N4O/c14-7-10-3-1-2-4-11(10)8-15-13(18)12-5-6-16-17-9-12/h1-6,9H,7-8,14H2,(H,15,18). The number of hydrogen-bond acceptors (Lipinski definition) is 4. The molecule has 0 unspecified atom stereocenters. The predicted molar refractivity (Wildman–Crippen MR) is 67.5 cm³/mol. The number of aromatic nitrogens is 2. The maximum Gasteiger partial charge on any atom is 0.253 e. The van der Waals surface area contributed by atoms with Gasteiger partial charge in [-0.05, 0) is 17.2 Å². The van der Waals surface area contributed by atoms with Crippen LogP contribution < -0.4 is 11.1 Å². The molecule has 0 bridgehead atoms. The third-order valence-electron chi connectivity index (χ3n) is 2.62. The summed E-state index contributed by atoms with van der Waals surface area (Å²) in [5.74, 6) is -0.170. The molecule has 1 aromatic carbocycles. The molecule has 0 saturated carbocycles. The van der Waals surface area contributed by atoms with Gasteiger partial charge in [0, 0.05) is 13.1 Å². The Labute approximate surface area is 105 Å². The third kappa shape index (κ3) is 2.89. The van der Waals surface area contributed by atoms with E-state index in [1.54, 1.807) is 6.07 Å². The van der Waals surface area contributed by atoms with E-state index in [-0.39, 0.29) is 5.91 Å². The molecule has 3 N–H and O–H groups in total. The van der Waals surface area contributed by atoms with Gasteiger partial charge in [0.2, 0.25) is 0 Å². The van der Waals surface area contributed by atoms with Crippen LogP contribution in [0, 0.1) is 0 Å². The van der Waals surface area contributed by atoms with E-state index in [0.29, 0.717) is 18.7 Å². The highest BCUT2D eigenvalue weighted by atomic mass is 16.1. The fraction of sp³-hybridized carbons (Fsp3) is 0.154. The summed E-state index contributed by atoms with van der Waals surface area (Å²) in [6, 6.07) is 9.38. The van der Waals surface area contributed by atoms with Gasteiger partial charge < -0.3 is 11.1 Å². The topological polar surface area (TPSA) is 80.9 Å². The maximum atomic E-state index is 11.8. The van der Waals surface area contributed by atoms with Gasteiger partial charge >= 0.3 is 0 Å². The smallest absolute Gasteiger partial charge is 0.253 e. The first-order valence-electron chi connectivity index (χ1n) is 5.63. The van der Waals surface area contributed by atoms with Gasteiger partial charge in [-0.15, -0.1) is 0 Å². The van der Waals surface area contributed by atoms with Crippen molar-refractivity contribution < 1.29 is 4.79 Å². The summed E-state index contributed by atoms with van der Waals surface area (Å²) in [7, 11) is 0. The van der Waals surface area contributed by atoms with E-state index in [0.717, 1.165) is 11.1 Å². The van der Waals surface area contributed by atoms with Crippen LogP contribution in [-0.2, 0) is 13.1 Å². The second-order valence-corrected chi connectivity index (χ2v) is 3.79. The lowest BCUT2D eigenvalue weighted by molar-refractivity contribution is 0.0950. The highest BCUT2D eigenvalue weighted by Crippen LogP contribution is 2.07. The van der Waals surface area contributed by atoms with Crippen molar-refractivity contribution >= 4 is 5.91 Å². The summed E-state index contributed by atoms with van der Waals surface area (Å²) in [6.45, 7) is 0.914. The lowest BCUT2D eigenvalue weighted by atomic mass is 10.1. The minimum atomic E-state index is -0.170. The lowest BCUT2D eigenvalue weighted by Crippen LogP contribution is -2.23. The molecule has 92 valence electrons. The van der Waals surface area contributed by atoms with Crippen molar-refractivity contribution in [1.82, 2.24) is 15.5 Å². The molecule has 0 fully saturated rings. The van der Waals surface area contributed by atoms with Crippen molar-refractivity contribution in [2.45, 2.75) is 13.1 Å². The first-order valence-corrected chi connectivity index (χ1v) is 5.63. The summed E-state index contributed by atoms with van der Waals surface area (Å²) < 4.78 is 0. The van der Waals surface area contributed by atoms with Gasteiger partial charge in [-0.2, -0.15) is 10.2 Å². The van der Waals surface area contributed by atoms with E-state index in [1.807, 2.05) is 24.3 Å². The van der Waals surface area contributed by atoms with Crippen LogP contribution in [-0.4, -0.2) is 16.1 Å². The lowest BCUT2D eigenvalue weighted by Gasteiger charge is -2.08. The zero-order valence-electron chi connectivity index (χ0n) is 9.84. The normalized spacial score (nSPS) is 10.1. The van der Waals surface area contributed by atoms with Crippen LogP contribution in [0.1, 0.15) is 21.5 Å². The van der Waals surface area contributed by atoms with E-state index < -0.39 is 0 Å². The fourth-order valence-electron chi connectivity index (χ4n) is 1.63. The number of benzene rings is 1. The van der Waals surface area contributed by atoms with Crippen LogP contribution in [0.3, 0.4) is 0 Å². The van der Waals surface area contributed by atoms with E-state index >= 15 is 0 Å². The maximum absolute atomic E-state index is 11.8. The van der Waals surface area contributed by atoms with Crippen molar-refractivity contribution in [2.24, 2.45) is 5.73 Å².